The molecule has 0 saturated carbocycles. The summed E-state index contributed by atoms with van der Waals surface area (Å²) in [5.41, 5.74) is 1.07. The Labute approximate surface area is 189 Å². The lowest BCUT2D eigenvalue weighted by atomic mass is 10.1. The van der Waals surface area contributed by atoms with Gasteiger partial charge in [0.15, 0.2) is 5.75 Å². The topological polar surface area (TPSA) is 93.9 Å². The summed E-state index contributed by atoms with van der Waals surface area (Å²) in [5, 5.41) is 14.6. The molecule has 0 radical (unpaired) electrons. The van der Waals surface area contributed by atoms with Gasteiger partial charge in [-0.3, -0.25) is 14.9 Å². The van der Waals surface area contributed by atoms with E-state index in [1.54, 1.807) is 54.6 Å². The minimum Gasteiger partial charge on any atom is -0.454 e. The van der Waals surface area contributed by atoms with Crippen molar-refractivity contribution in [2.75, 3.05) is 36.5 Å². The molecule has 1 fully saturated rings. The predicted octanol–water partition coefficient (Wildman–Crippen LogP) is 5.13. The molecule has 0 bridgehead atoms. The average molecular weight is 454 g/mol. The Morgan fingerprint density at radius 1 is 1.03 bits per heavy atom. The number of nitro groups is 1. The fourth-order valence-corrected chi connectivity index (χ4v) is 3.57. The second kappa shape index (κ2) is 9.67. The number of halogens is 1. The van der Waals surface area contributed by atoms with E-state index in [2.05, 4.69) is 5.32 Å². The molecular formula is C23H20ClN3O5. The second-order valence-electron chi connectivity index (χ2n) is 7.04. The van der Waals surface area contributed by atoms with Crippen molar-refractivity contribution in [1.29, 1.82) is 0 Å². The van der Waals surface area contributed by atoms with E-state index in [1.165, 1.54) is 12.1 Å². The largest absolute Gasteiger partial charge is 0.454 e. The summed E-state index contributed by atoms with van der Waals surface area (Å²) in [6.45, 7) is 2.22. The summed E-state index contributed by atoms with van der Waals surface area (Å²) in [4.78, 5) is 26.0. The van der Waals surface area contributed by atoms with Crippen molar-refractivity contribution in [2.24, 2.45) is 0 Å². The summed E-state index contributed by atoms with van der Waals surface area (Å²) in [6.07, 6.45) is 0. The Morgan fingerprint density at radius 2 is 1.72 bits per heavy atom. The van der Waals surface area contributed by atoms with Crippen LogP contribution >= 0.6 is 11.6 Å². The van der Waals surface area contributed by atoms with E-state index in [-0.39, 0.29) is 11.3 Å². The molecule has 0 aliphatic carbocycles. The molecule has 164 valence electrons. The van der Waals surface area contributed by atoms with Gasteiger partial charge in [0.2, 0.25) is 0 Å². The van der Waals surface area contributed by atoms with E-state index >= 15 is 0 Å². The lowest BCUT2D eigenvalue weighted by Gasteiger charge is -2.30. The highest BCUT2D eigenvalue weighted by Gasteiger charge is 2.23. The number of non-ortho nitro benzene ring substituents is 1. The summed E-state index contributed by atoms with van der Waals surface area (Å²) in [6, 6.07) is 18.2. The number of nitro benzene ring substituents is 1. The van der Waals surface area contributed by atoms with E-state index in [0.717, 1.165) is 0 Å². The second-order valence-corrected chi connectivity index (χ2v) is 7.45. The molecule has 0 atom stereocenters. The fraction of sp³-hybridized carbons (Fsp3) is 0.174. The van der Waals surface area contributed by atoms with Crippen LogP contribution in [0.25, 0.3) is 0 Å². The van der Waals surface area contributed by atoms with Crippen LogP contribution in [0.2, 0.25) is 5.02 Å². The molecule has 9 heteroatoms. The molecule has 1 aliphatic heterocycles. The quantitative estimate of drug-likeness (QED) is 0.410. The molecule has 3 aromatic carbocycles. The third-order valence-electron chi connectivity index (χ3n) is 4.98. The normalized spacial score (nSPS) is 13.5. The molecule has 32 heavy (non-hydrogen) atoms. The Bertz CT molecular complexity index is 1150. The van der Waals surface area contributed by atoms with Gasteiger partial charge in [0.05, 0.1) is 40.1 Å². The molecule has 1 N–H and O–H groups in total. The molecule has 4 rings (SSSR count). The Hall–Kier alpha value is -3.62. The van der Waals surface area contributed by atoms with Gasteiger partial charge in [-0.1, -0.05) is 35.9 Å². The lowest BCUT2D eigenvalue weighted by Crippen LogP contribution is -2.37. The lowest BCUT2D eigenvalue weighted by molar-refractivity contribution is -0.384. The molecule has 0 unspecified atom stereocenters. The summed E-state index contributed by atoms with van der Waals surface area (Å²) in [7, 11) is 0. The highest BCUT2D eigenvalue weighted by atomic mass is 35.5. The van der Waals surface area contributed by atoms with Crippen LogP contribution in [0.1, 0.15) is 10.4 Å². The zero-order valence-electron chi connectivity index (χ0n) is 17.0. The third kappa shape index (κ3) is 4.82. The average Bonchev–Trinajstić information content (AvgIpc) is 2.82. The molecule has 0 spiro atoms. The van der Waals surface area contributed by atoms with Crippen molar-refractivity contribution in [3.05, 3.63) is 87.4 Å². The van der Waals surface area contributed by atoms with Gasteiger partial charge in [0.1, 0.15) is 5.75 Å². The number of hydrogen-bond acceptors (Lipinski definition) is 6. The van der Waals surface area contributed by atoms with Crippen molar-refractivity contribution < 1.29 is 19.2 Å². The third-order valence-corrected chi connectivity index (χ3v) is 5.29. The summed E-state index contributed by atoms with van der Waals surface area (Å²) < 4.78 is 11.3. The van der Waals surface area contributed by atoms with Crippen LogP contribution in [-0.4, -0.2) is 37.1 Å². The van der Waals surface area contributed by atoms with E-state index in [0.29, 0.717) is 54.2 Å². The first-order valence-corrected chi connectivity index (χ1v) is 10.3. The first-order valence-electron chi connectivity index (χ1n) is 9.97. The van der Waals surface area contributed by atoms with Crippen LogP contribution in [0.5, 0.6) is 11.5 Å². The molecule has 1 aliphatic rings. The predicted molar refractivity (Wildman–Crippen MR) is 122 cm³/mol. The standard InChI is InChI=1S/C23H20ClN3O5/c24-18-5-1-3-7-21(18)32-22-8-4-2-6-19(22)25-23(28)17-15-16(27(29)30)9-10-20(17)26-11-13-31-14-12-26/h1-10,15H,11-14H2,(H,25,28). The highest BCUT2D eigenvalue weighted by molar-refractivity contribution is 6.32. The van der Waals surface area contributed by atoms with Gasteiger partial charge in [-0.25, -0.2) is 0 Å². The molecule has 1 amide bonds. The maximum Gasteiger partial charge on any atom is 0.270 e. The smallest absolute Gasteiger partial charge is 0.270 e. The molecule has 0 aromatic heterocycles. The SMILES string of the molecule is O=C(Nc1ccccc1Oc1ccccc1Cl)c1cc([N+](=O)[O-])ccc1N1CCOCC1. The van der Waals surface area contributed by atoms with E-state index < -0.39 is 10.8 Å². The van der Waals surface area contributed by atoms with Crippen LogP contribution in [0, 0.1) is 10.1 Å². The number of nitrogens with zero attached hydrogens (tertiary/aromatic N) is 2. The number of para-hydroxylation sites is 3. The molecule has 1 heterocycles. The van der Waals surface area contributed by atoms with Crippen LogP contribution < -0.4 is 15.0 Å². The Morgan fingerprint density at radius 3 is 2.44 bits per heavy atom. The summed E-state index contributed by atoms with van der Waals surface area (Å²) in [5.74, 6) is 0.359. The van der Waals surface area contributed by atoms with Gasteiger partial charge in [-0.15, -0.1) is 0 Å². The first-order chi connectivity index (χ1) is 15.5. The first kappa shape index (κ1) is 21.6. The number of rotatable bonds is 6. The number of benzene rings is 3. The van der Waals surface area contributed by atoms with Crippen LogP contribution in [0.4, 0.5) is 17.1 Å². The monoisotopic (exact) mass is 453 g/mol. The maximum absolute atomic E-state index is 13.3. The van der Waals surface area contributed by atoms with Crippen LogP contribution in [0.3, 0.4) is 0 Å². The van der Waals surface area contributed by atoms with Crippen molar-refractivity contribution >= 4 is 34.6 Å². The number of nitrogens with one attached hydrogen (secondary N) is 1. The summed E-state index contributed by atoms with van der Waals surface area (Å²) >= 11 is 6.19. The van der Waals surface area contributed by atoms with Crippen molar-refractivity contribution in [3.8, 4) is 11.5 Å². The highest BCUT2D eigenvalue weighted by Crippen LogP contribution is 2.34. The van der Waals surface area contributed by atoms with Gasteiger partial charge in [-0.05, 0) is 30.3 Å². The van der Waals surface area contributed by atoms with Gasteiger partial charge in [-0.2, -0.15) is 0 Å². The number of anilines is 2. The number of hydrogen-bond donors (Lipinski definition) is 1. The number of ether oxygens (including phenoxy) is 2. The number of morpholine rings is 1. The zero-order chi connectivity index (χ0) is 22.5. The number of carbonyl (C=O) groups is 1. The van der Waals surface area contributed by atoms with Gasteiger partial charge in [0, 0.05) is 25.2 Å². The molecular weight excluding hydrogens is 434 g/mol. The zero-order valence-corrected chi connectivity index (χ0v) is 17.7. The molecule has 3 aromatic rings. The number of carbonyl (C=O) groups excluding carboxylic acids is 1. The van der Waals surface area contributed by atoms with Gasteiger partial charge < -0.3 is 19.7 Å². The van der Waals surface area contributed by atoms with E-state index in [4.69, 9.17) is 21.1 Å². The van der Waals surface area contributed by atoms with E-state index in [9.17, 15) is 14.9 Å². The van der Waals surface area contributed by atoms with Gasteiger partial charge >= 0.3 is 0 Å². The molecule has 8 nitrogen and oxygen atoms in total. The maximum atomic E-state index is 13.3. The van der Waals surface area contributed by atoms with E-state index in [1.807, 2.05) is 4.90 Å². The Balaban J connectivity index is 1.65. The minimum atomic E-state index is -0.520. The fourth-order valence-electron chi connectivity index (χ4n) is 3.39. The van der Waals surface area contributed by atoms with Crippen molar-refractivity contribution in [2.45, 2.75) is 0 Å². The van der Waals surface area contributed by atoms with Crippen molar-refractivity contribution in [1.82, 2.24) is 0 Å². The van der Waals surface area contributed by atoms with Crippen molar-refractivity contribution in [3.63, 3.8) is 0 Å². The van der Waals surface area contributed by atoms with Gasteiger partial charge in [0.25, 0.3) is 11.6 Å². The number of amides is 1. The molecule has 1 saturated heterocycles. The van der Waals surface area contributed by atoms with Crippen LogP contribution in [-0.2, 0) is 4.74 Å². The van der Waals surface area contributed by atoms with Crippen LogP contribution in [0.15, 0.2) is 66.7 Å². The Kier molecular flexibility index (Phi) is 6.53. The minimum absolute atomic E-state index is 0.159.